The second-order valence-electron chi connectivity index (χ2n) is 3.17. The minimum absolute atomic E-state index is 0.0238. The Labute approximate surface area is 83.6 Å². The van der Waals surface area contributed by atoms with E-state index < -0.39 is 0 Å². The van der Waals surface area contributed by atoms with Gasteiger partial charge in [0.1, 0.15) is 12.4 Å². The van der Waals surface area contributed by atoms with Crippen molar-refractivity contribution in [2.24, 2.45) is 5.73 Å². The molecule has 1 atom stereocenters. The van der Waals surface area contributed by atoms with Crippen molar-refractivity contribution in [3.8, 4) is 5.75 Å². The first-order valence-corrected chi connectivity index (χ1v) is 4.62. The molecule has 0 radical (unpaired) electrons. The Bertz CT molecular complexity index is 266. The van der Waals surface area contributed by atoms with E-state index in [1.165, 1.54) is 0 Å². The van der Waals surface area contributed by atoms with Gasteiger partial charge in [-0.1, -0.05) is 23.7 Å². The zero-order valence-electron chi connectivity index (χ0n) is 7.88. The Morgan fingerprint density at radius 1 is 1.54 bits per heavy atom. The van der Waals surface area contributed by atoms with E-state index in [0.717, 1.165) is 11.3 Å². The van der Waals surface area contributed by atoms with Gasteiger partial charge in [-0.3, -0.25) is 0 Å². The van der Waals surface area contributed by atoms with Gasteiger partial charge in [-0.05, 0) is 25.5 Å². The predicted octanol–water partition coefficient (Wildman–Crippen LogP) is 2.37. The van der Waals surface area contributed by atoms with E-state index in [0.29, 0.717) is 11.6 Å². The topological polar surface area (TPSA) is 35.2 Å². The highest BCUT2D eigenvalue weighted by atomic mass is 35.5. The first kappa shape index (κ1) is 10.4. The smallest absolute Gasteiger partial charge is 0.140 e. The quantitative estimate of drug-likeness (QED) is 0.812. The lowest BCUT2D eigenvalue weighted by Crippen LogP contribution is -2.23. The maximum atomic E-state index is 5.95. The molecular formula is C10H14ClNO. The molecule has 0 saturated heterocycles. The molecule has 0 aliphatic heterocycles. The monoisotopic (exact) mass is 199 g/mol. The van der Waals surface area contributed by atoms with E-state index in [-0.39, 0.29) is 6.04 Å². The van der Waals surface area contributed by atoms with Crippen LogP contribution in [0.25, 0.3) is 0 Å². The van der Waals surface area contributed by atoms with E-state index in [2.05, 4.69) is 0 Å². The molecule has 0 aromatic heterocycles. The summed E-state index contributed by atoms with van der Waals surface area (Å²) in [6.07, 6.45) is 0. The minimum Gasteiger partial charge on any atom is -0.490 e. The Morgan fingerprint density at radius 3 is 2.77 bits per heavy atom. The van der Waals surface area contributed by atoms with Gasteiger partial charge < -0.3 is 10.5 Å². The van der Waals surface area contributed by atoms with Gasteiger partial charge in [-0.15, -0.1) is 0 Å². The number of ether oxygens (including phenoxy) is 1. The highest BCUT2D eigenvalue weighted by Gasteiger charge is 2.05. The van der Waals surface area contributed by atoms with E-state index in [1.54, 1.807) is 0 Å². The highest BCUT2D eigenvalue weighted by Crippen LogP contribution is 2.27. The van der Waals surface area contributed by atoms with Crippen LogP contribution in [0.5, 0.6) is 5.75 Å². The van der Waals surface area contributed by atoms with E-state index in [1.807, 2.05) is 32.0 Å². The number of hydrogen-bond donors (Lipinski definition) is 1. The predicted molar refractivity (Wildman–Crippen MR) is 55.3 cm³/mol. The maximum Gasteiger partial charge on any atom is 0.140 e. The molecule has 0 fully saturated rings. The summed E-state index contributed by atoms with van der Waals surface area (Å²) in [4.78, 5) is 0. The Hall–Kier alpha value is -0.730. The summed E-state index contributed by atoms with van der Waals surface area (Å²) in [5.74, 6) is 0.737. The number of nitrogens with two attached hydrogens (primary N) is 1. The van der Waals surface area contributed by atoms with Crippen molar-refractivity contribution in [2.75, 3.05) is 6.61 Å². The number of benzene rings is 1. The van der Waals surface area contributed by atoms with Crippen molar-refractivity contribution in [3.05, 3.63) is 28.8 Å². The van der Waals surface area contributed by atoms with Crippen LogP contribution in [0, 0.1) is 6.92 Å². The second-order valence-corrected chi connectivity index (χ2v) is 3.58. The number of halogens is 1. The fourth-order valence-corrected chi connectivity index (χ4v) is 1.29. The number of rotatable bonds is 3. The van der Waals surface area contributed by atoms with Crippen molar-refractivity contribution >= 4 is 11.6 Å². The summed E-state index contributed by atoms with van der Waals surface area (Å²) >= 11 is 5.95. The molecule has 1 aromatic rings. The summed E-state index contributed by atoms with van der Waals surface area (Å²) in [5.41, 5.74) is 6.61. The average Bonchev–Trinajstić information content (AvgIpc) is 2.03. The molecule has 0 amide bonds. The van der Waals surface area contributed by atoms with Crippen LogP contribution in [0.15, 0.2) is 18.2 Å². The third kappa shape index (κ3) is 2.90. The minimum atomic E-state index is 0.0238. The van der Waals surface area contributed by atoms with E-state index in [4.69, 9.17) is 22.1 Å². The lowest BCUT2D eigenvalue weighted by molar-refractivity contribution is 0.294. The first-order valence-electron chi connectivity index (χ1n) is 4.24. The highest BCUT2D eigenvalue weighted by molar-refractivity contribution is 6.32. The molecule has 2 nitrogen and oxygen atoms in total. The van der Waals surface area contributed by atoms with Crippen molar-refractivity contribution < 1.29 is 4.74 Å². The molecule has 0 saturated carbocycles. The lowest BCUT2D eigenvalue weighted by Gasteiger charge is -2.12. The van der Waals surface area contributed by atoms with Crippen molar-refractivity contribution in [1.29, 1.82) is 0 Å². The molecule has 0 bridgehead atoms. The molecule has 1 aromatic carbocycles. The van der Waals surface area contributed by atoms with Crippen LogP contribution < -0.4 is 10.5 Å². The fourth-order valence-electron chi connectivity index (χ4n) is 1.01. The number of para-hydroxylation sites is 1. The standard InChI is InChI=1S/C10H14ClNO/c1-7-4-3-5-9(11)10(7)13-6-8(2)12/h3-5,8H,6,12H2,1-2H3/t8-/m0/s1. The van der Waals surface area contributed by atoms with Crippen LogP contribution in [0.4, 0.5) is 0 Å². The first-order chi connectivity index (χ1) is 6.11. The average molecular weight is 200 g/mol. The molecule has 0 spiro atoms. The SMILES string of the molecule is Cc1cccc(Cl)c1OC[C@H](C)N. The normalized spacial score (nSPS) is 12.6. The van der Waals surface area contributed by atoms with Crippen LogP contribution in [-0.2, 0) is 0 Å². The summed E-state index contributed by atoms with van der Waals surface area (Å²) in [7, 11) is 0. The number of hydrogen-bond acceptors (Lipinski definition) is 2. The molecule has 2 N–H and O–H groups in total. The maximum absolute atomic E-state index is 5.95. The summed E-state index contributed by atoms with van der Waals surface area (Å²) in [6.45, 7) is 4.35. The van der Waals surface area contributed by atoms with Crippen LogP contribution in [0.2, 0.25) is 5.02 Å². The van der Waals surface area contributed by atoms with Crippen LogP contribution in [0.3, 0.4) is 0 Å². The molecular weight excluding hydrogens is 186 g/mol. The van der Waals surface area contributed by atoms with Gasteiger partial charge in [0.2, 0.25) is 0 Å². The van der Waals surface area contributed by atoms with Gasteiger partial charge in [0.25, 0.3) is 0 Å². The van der Waals surface area contributed by atoms with Gasteiger partial charge in [-0.25, -0.2) is 0 Å². The zero-order chi connectivity index (χ0) is 9.84. The Morgan fingerprint density at radius 2 is 2.23 bits per heavy atom. The summed E-state index contributed by atoms with van der Waals surface area (Å²) in [6, 6.07) is 5.69. The summed E-state index contributed by atoms with van der Waals surface area (Å²) < 4.78 is 5.47. The largest absolute Gasteiger partial charge is 0.490 e. The number of aryl methyl sites for hydroxylation is 1. The molecule has 0 aliphatic carbocycles. The molecule has 13 heavy (non-hydrogen) atoms. The summed E-state index contributed by atoms with van der Waals surface area (Å²) in [5, 5.41) is 0.639. The molecule has 3 heteroatoms. The fraction of sp³-hybridized carbons (Fsp3) is 0.400. The van der Waals surface area contributed by atoms with Gasteiger partial charge in [-0.2, -0.15) is 0 Å². The van der Waals surface area contributed by atoms with Crippen LogP contribution >= 0.6 is 11.6 Å². The van der Waals surface area contributed by atoms with Crippen LogP contribution in [-0.4, -0.2) is 12.6 Å². The molecule has 72 valence electrons. The molecule has 0 aliphatic rings. The van der Waals surface area contributed by atoms with Gasteiger partial charge in [0.05, 0.1) is 5.02 Å². The van der Waals surface area contributed by atoms with E-state index in [9.17, 15) is 0 Å². The molecule has 0 unspecified atom stereocenters. The van der Waals surface area contributed by atoms with E-state index >= 15 is 0 Å². The Kier molecular flexibility index (Phi) is 3.58. The van der Waals surface area contributed by atoms with Crippen molar-refractivity contribution in [2.45, 2.75) is 19.9 Å². The Balaban J connectivity index is 2.75. The van der Waals surface area contributed by atoms with Crippen LogP contribution in [0.1, 0.15) is 12.5 Å². The van der Waals surface area contributed by atoms with Gasteiger partial charge >= 0.3 is 0 Å². The third-order valence-electron chi connectivity index (χ3n) is 1.65. The molecule has 0 heterocycles. The van der Waals surface area contributed by atoms with Gasteiger partial charge in [0, 0.05) is 6.04 Å². The van der Waals surface area contributed by atoms with Gasteiger partial charge in [0.15, 0.2) is 0 Å². The molecule has 1 rings (SSSR count). The third-order valence-corrected chi connectivity index (χ3v) is 1.95. The van der Waals surface area contributed by atoms with Crippen molar-refractivity contribution in [3.63, 3.8) is 0 Å². The second kappa shape index (κ2) is 4.49. The zero-order valence-corrected chi connectivity index (χ0v) is 8.64. The lowest BCUT2D eigenvalue weighted by atomic mass is 10.2. The van der Waals surface area contributed by atoms with Crippen molar-refractivity contribution in [1.82, 2.24) is 0 Å².